The van der Waals surface area contributed by atoms with Gasteiger partial charge in [-0.1, -0.05) is 0 Å². The summed E-state index contributed by atoms with van der Waals surface area (Å²) in [5.74, 6) is 0. The summed E-state index contributed by atoms with van der Waals surface area (Å²) in [6, 6.07) is 0. The number of alkyl halides is 3. The highest BCUT2D eigenvalue weighted by atomic mass is 19.4. The minimum atomic E-state index is -4.01. The Kier molecular flexibility index (Phi) is 6.22. The highest BCUT2D eigenvalue weighted by molar-refractivity contribution is 4.68. The lowest BCUT2D eigenvalue weighted by molar-refractivity contribution is -0.136. The zero-order valence-corrected chi connectivity index (χ0v) is 10.4. The van der Waals surface area contributed by atoms with Crippen LogP contribution in [0.2, 0.25) is 0 Å². The van der Waals surface area contributed by atoms with Crippen LogP contribution in [0.25, 0.3) is 0 Å². The van der Waals surface area contributed by atoms with Crippen molar-refractivity contribution >= 4 is 0 Å². The molecule has 1 fully saturated rings. The molecular weight excluding hydrogens is 231 g/mol. The number of piperazine rings is 1. The molecule has 3 nitrogen and oxygen atoms in total. The average Bonchev–Trinajstić information content (AvgIpc) is 2.26. The van der Waals surface area contributed by atoms with Crippen molar-refractivity contribution in [3.05, 3.63) is 0 Å². The van der Waals surface area contributed by atoms with E-state index in [0.29, 0.717) is 6.54 Å². The number of halogens is 3. The lowest BCUT2D eigenvalue weighted by Gasteiger charge is -2.29. The number of hydrogen-bond donors (Lipinski definition) is 1. The second kappa shape index (κ2) is 7.18. The molecule has 1 heterocycles. The predicted molar refractivity (Wildman–Crippen MR) is 62.1 cm³/mol. The van der Waals surface area contributed by atoms with Gasteiger partial charge in [0.05, 0.1) is 0 Å². The van der Waals surface area contributed by atoms with Gasteiger partial charge < -0.3 is 10.2 Å². The van der Waals surface area contributed by atoms with E-state index >= 15 is 0 Å². The largest absolute Gasteiger partial charge is 0.389 e. The molecule has 0 aromatic heterocycles. The van der Waals surface area contributed by atoms with Crippen LogP contribution in [0.4, 0.5) is 13.2 Å². The molecule has 0 atom stereocenters. The third kappa shape index (κ3) is 7.57. The Hall–Kier alpha value is -0.330. The molecule has 0 unspecified atom stereocenters. The van der Waals surface area contributed by atoms with Gasteiger partial charge in [0.2, 0.25) is 0 Å². The Bertz CT molecular complexity index is 203. The van der Waals surface area contributed by atoms with Crippen LogP contribution in [0.15, 0.2) is 0 Å². The fourth-order valence-corrected chi connectivity index (χ4v) is 1.91. The molecule has 1 aliphatic heterocycles. The van der Waals surface area contributed by atoms with Crippen LogP contribution in [0.3, 0.4) is 0 Å². The van der Waals surface area contributed by atoms with Crippen molar-refractivity contribution < 1.29 is 13.2 Å². The normalized spacial score (nSPS) is 18.9. The van der Waals surface area contributed by atoms with Crippen molar-refractivity contribution in [3.63, 3.8) is 0 Å². The molecule has 0 aromatic rings. The molecular formula is C11H22F3N3. The number of nitrogens with zero attached hydrogens (tertiary/aromatic N) is 2. The highest BCUT2D eigenvalue weighted by Gasteiger charge is 2.26. The standard InChI is InChI=1S/C11H22F3N3/c1-16(6-2-3-11(12,13)14)9-10-17-7-4-15-5-8-17/h15H,2-10H2,1H3. The van der Waals surface area contributed by atoms with Crippen LogP contribution in [0.1, 0.15) is 12.8 Å². The van der Waals surface area contributed by atoms with Crippen LogP contribution in [-0.2, 0) is 0 Å². The summed E-state index contributed by atoms with van der Waals surface area (Å²) in [7, 11) is 1.89. The fourth-order valence-electron chi connectivity index (χ4n) is 1.91. The van der Waals surface area contributed by atoms with Crippen LogP contribution in [-0.4, -0.2) is 68.8 Å². The quantitative estimate of drug-likeness (QED) is 0.766. The first kappa shape index (κ1) is 14.7. The molecule has 0 aliphatic carbocycles. The van der Waals surface area contributed by atoms with Gasteiger partial charge in [0.15, 0.2) is 0 Å². The molecule has 17 heavy (non-hydrogen) atoms. The summed E-state index contributed by atoms with van der Waals surface area (Å²) in [5.41, 5.74) is 0. The fraction of sp³-hybridized carbons (Fsp3) is 1.00. The number of likely N-dealkylation sites (N-methyl/N-ethyl adjacent to an activating group) is 1. The second-order valence-corrected chi connectivity index (χ2v) is 4.61. The number of nitrogens with one attached hydrogen (secondary N) is 1. The van der Waals surface area contributed by atoms with Gasteiger partial charge in [0, 0.05) is 45.7 Å². The molecule has 6 heteroatoms. The highest BCUT2D eigenvalue weighted by Crippen LogP contribution is 2.21. The molecule has 0 aromatic carbocycles. The van der Waals surface area contributed by atoms with Gasteiger partial charge in [-0.3, -0.25) is 4.90 Å². The summed E-state index contributed by atoms with van der Waals surface area (Å²) in [4.78, 5) is 4.32. The van der Waals surface area contributed by atoms with E-state index in [0.717, 1.165) is 39.3 Å². The monoisotopic (exact) mass is 253 g/mol. The maximum Gasteiger partial charge on any atom is 0.389 e. The van der Waals surface area contributed by atoms with E-state index < -0.39 is 12.6 Å². The lowest BCUT2D eigenvalue weighted by Crippen LogP contribution is -2.46. The SMILES string of the molecule is CN(CCCC(F)(F)F)CCN1CCNCC1. The second-order valence-electron chi connectivity index (χ2n) is 4.61. The molecule has 0 bridgehead atoms. The summed E-state index contributed by atoms with van der Waals surface area (Å²) in [5, 5.41) is 3.27. The van der Waals surface area contributed by atoms with E-state index in [1.165, 1.54) is 0 Å². The maximum absolute atomic E-state index is 11.9. The van der Waals surface area contributed by atoms with Gasteiger partial charge in [0.1, 0.15) is 0 Å². The Morgan fingerprint density at radius 3 is 2.41 bits per heavy atom. The van der Waals surface area contributed by atoms with Crippen LogP contribution in [0.5, 0.6) is 0 Å². The lowest BCUT2D eigenvalue weighted by atomic mass is 10.3. The summed E-state index contributed by atoms with van der Waals surface area (Å²) >= 11 is 0. The third-order valence-electron chi connectivity index (χ3n) is 3.01. The average molecular weight is 253 g/mol. The van der Waals surface area contributed by atoms with Crippen molar-refractivity contribution in [1.29, 1.82) is 0 Å². The maximum atomic E-state index is 11.9. The van der Waals surface area contributed by atoms with E-state index in [1.807, 2.05) is 11.9 Å². The van der Waals surface area contributed by atoms with E-state index in [2.05, 4.69) is 10.2 Å². The van der Waals surface area contributed by atoms with Gasteiger partial charge in [-0.2, -0.15) is 13.2 Å². The Morgan fingerprint density at radius 2 is 1.82 bits per heavy atom. The van der Waals surface area contributed by atoms with Crippen LogP contribution < -0.4 is 5.32 Å². The van der Waals surface area contributed by atoms with Crippen molar-refractivity contribution in [2.45, 2.75) is 19.0 Å². The minimum Gasteiger partial charge on any atom is -0.314 e. The Labute approximate surface area is 101 Å². The van der Waals surface area contributed by atoms with E-state index in [1.54, 1.807) is 0 Å². The van der Waals surface area contributed by atoms with Crippen molar-refractivity contribution in [1.82, 2.24) is 15.1 Å². The van der Waals surface area contributed by atoms with Gasteiger partial charge >= 0.3 is 6.18 Å². The Balaban J connectivity index is 2.02. The van der Waals surface area contributed by atoms with Crippen molar-refractivity contribution in [3.8, 4) is 0 Å². The van der Waals surface area contributed by atoms with E-state index in [-0.39, 0.29) is 6.42 Å². The zero-order chi connectivity index (χ0) is 12.7. The van der Waals surface area contributed by atoms with Crippen LogP contribution in [0, 0.1) is 0 Å². The topological polar surface area (TPSA) is 18.5 Å². The summed E-state index contributed by atoms with van der Waals surface area (Å²) < 4.78 is 35.8. The molecule has 0 saturated carbocycles. The molecule has 1 rings (SSSR count). The summed E-state index contributed by atoms with van der Waals surface area (Å²) in [6.07, 6.45) is -4.49. The Morgan fingerprint density at radius 1 is 1.18 bits per heavy atom. The first-order valence-electron chi connectivity index (χ1n) is 6.16. The first-order valence-corrected chi connectivity index (χ1v) is 6.16. The third-order valence-corrected chi connectivity index (χ3v) is 3.01. The number of hydrogen-bond acceptors (Lipinski definition) is 3. The molecule has 1 saturated heterocycles. The minimum absolute atomic E-state index is 0.196. The van der Waals surface area contributed by atoms with E-state index in [9.17, 15) is 13.2 Å². The van der Waals surface area contributed by atoms with Crippen LogP contribution >= 0.6 is 0 Å². The van der Waals surface area contributed by atoms with Gasteiger partial charge in [-0.05, 0) is 20.0 Å². The predicted octanol–water partition coefficient (Wildman–Crippen LogP) is 1.17. The molecule has 1 aliphatic rings. The molecule has 102 valence electrons. The van der Waals surface area contributed by atoms with Gasteiger partial charge in [0.25, 0.3) is 0 Å². The molecule has 0 spiro atoms. The first-order chi connectivity index (χ1) is 7.97. The molecule has 0 radical (unpaired) electrons. The van der Waals surface area contributed by atoms with Gasteiger partial charge in [-0.15, -0.1) is 0 Å². The van der Waals surface area contributed by atoms with Crippen molar-refractivity contribution in [2.75, 3.05) is 52.9 Å². The number of rotatable bonds is 6. The molecule has 1 N–H and O–H groups in total. The van der Waals surface area contributed by atoms with Gasteiger partial charge in [-0.25, -0.2) is 0 Å². The van der Waals surface area contributed by atoms with Crippen molar-refractivity contribution in [2.24, 2.45) is 0 Å². The molecule has 0 amide bonds. The summed E-state index contributed by atoms with van der Waals surface area (Å²) in [6.45, 7) is 6.41. The zero-order valence-electron chi connectivity index (χ0n) is 10.4. The smallest absolute Gasteiger partial charge is 0.314 e. The van der Waals surface area contributed by atoms with E-state index in [4.69, 9.17) is 0 Å².